The summed E-state index contributed by atoms with van der Waals surface area (Å²) in [4.78, 5) is 38.8. The molecule has 0 bridgehead atoms. The van der Waals surface area contributed by atoms with Crippen LogP contribution < -0.4 is 15.5 Å². The Kier molecular flexibility index (Phi) is 7.32. The Hall–Kier alpha value is -2.88. The van der Waals surface area contributed by atoms with E-state index in [-0.39, 0.29) is 11.7 Å². The standard InChI is InChI=1S/C21H22F3N3O3S/c22-21(23,24)14-5-3-8-16(11-14)27(13-18(28)26-15-6-1-2-7-15)19(29)12-25-20(30)17-9-4-10-31-17/h3-5,8-11,15H,1-2,6-7,12-13H2,(H,25,30)(H,26,28). The molecule has 6 nitrogen and oxygen atoms in total. The molecule has 1 aliphatic carbocycles. The van der Waals surface area contributed by atoms with Crippen molar-refractivity contribution in [1.29, 1.82) is 0 Å². The summed E-state index contributed by atoms with van der Waals surface area (Å²) >= 11 is 1.19. The summed E-state index contributed by atoms with van der Waals surface area (Å²) in [5.74, 6) is -1.62. The number of anilines is 1. The predicted octanol–water partition coefficient (Wildman–Crippen LogP) is 3.59. The van der Waals surface area contributed by atoms with Crippen molar-refractivity contribution in [2.45, 2.75) is 37.9 Å². The molecule has 1 heterocycles. The largest absolute Gasteiger partial charge is 0.416 e. The second kappa shape index (κ2) is 9.95. The van der Waals surface area contributed by atoms with E-state index in [0.717, 1.165) is 42.7 Å². The first-order valence-corrected chi connectivity index (χ1v) is 10.7. The van der Waals surface area contributed by atoms with Crippen molar-refractivity contribution in [1.82, 2.24) is 10.6 Å². The highest BCUT2D eigenvalue weighted by atomic mass is 32.1. The molecule has 1 aliphatic rings. The molecule has 10 heteroatoms. The molecule has 2 aromatic rings. The van der Waals surface area contributed by atoms with E-state index >= 15 is 0 Å². The molecule has 3 amide bonds. The van der Waals surface area contributed by atoms with Gasteiger partial charge in [-0.15, -0.1) is 11.3 Å². The predicted molar refractivity (Wildman–Crippen MR) is 111 cm³/mol. The lowest BCUT2D eigenvalue weighted by molar-refractivity contribution is -0.137. The van der Waals surface area contributed by atoms with Crippen molar-refractivity contribution in [3.05, 3.63) is 52.2 Å². The van der Waals surface area contributed by atoms with E-state index in [2.05, 4.69) is 10.6 Å². The van der Waals surface area contributed by atoms with Crippen molar-refractivity contribution < 1.29 is 27.6 Å². The summed E-state index contributed by atoms with van der Waals surface area (Å²) in [6, 6.07) is 7.50. The number of amides is 3. The maximum absolute atomic E-state index is 13.1. The van der Waals surface area contributed by atoms with E-state index < -0.39 is 42.6 Å². The van der Waals surface area contributed by atoms with E-state index in [0.29, 0.717) is 4.88 Å². The van der Waals surface area contributed by atoms with Gasteiger partial charge in [-0.25, -0.2) is 0 Å². The third kappa shape index (κ3) is 6.30. The van der Waals surface area contributed by atoms with Crippen LogP contribution in [-0.4, -0.2) is 36.9 Å². The van der Waals surface area contributed by atoms with Crippen LogP contribution in [-0.2, 0) is 15.8 Å². The van der Waals surface area contributed by atoms with Crippen LogP contribution in [0.4, 0.5) is 18.9 Å². The van der Waals surface area contributed by atoms with Crippen LogP contribution >= 0.6 is 11.3 Å². The van der Waals surface area contributed by atoms with Crippen LogP contribution in [0, 0.1) is 0 Å². The minimum Gasteiger partial charge on any atom is -0.352 e. The van der Waals surface area contributed by atoms with Gasteiger partial charge in [-0.2, -0.15) is 13.2 Å². The molecule has 3 rings (SSSR count). The van der Waals surface area contributed by atoms with Gasteiger partial charge < -0.3 is 15.5 Å². The molecule has 166 valence electrons. The van der Waals surface area contributed by atoms with E-state index in [1.165, 1.54) is 23.5 Å². The van der Waals surface area contributed by atoms with Gasteiger partial charge in [0.15, 0.2) is 0 Å². The van der Waals surface area contributed by atoms with Crippen molar-refractivity contribution in [2.24, 2.45) is 0 Å². The molecule has 0 unspecified atom stereocenters. The fourth-order valence-corrected chi connectivity index (χ4v) is 4.05. The summed E-state index contributed by atoms with van der Waals surface area (Å²) in [6.45, 7) is -0.894. The number of thiophene rings is 1. The van der Waals surface area contributed by atoms with Crippen LogP contribution in [0.5, 0.6) is 0 Å². The van der Waals surface area contributed by atoms with E-state index in [1.54, 1.807) is 17.5 Å². The molecule has 31 heavy (non-hydrogen) atoms. The highest BCUT2D eigenvalue weighted by molar-refractivity contribution is 7.12. The van der Waals surface area contributed by atoms with Crippen molar-refractivity contribution in [3.8, 4) is 0 Å². The summed E-state index contributed by atoms with van der Waals surface area (Å²) in [6.07, 6.45) is -0.934. The van der Waals surface area contributed by atoms with Gasteiger partial charge in [0.05, 0.1) is 17.0 Å². The summed E-state index contributed by atoms with van der Waals surface area (Å²) < 4.78 is 39.4. The average Bonchev–Trinajstić information content (AvgIpc) is 3.43. The van der Waals surface area contributed by atoms with E-state index in [9.17, 15) is 27.6 Å². The second-order valence-electron chi connectivity index (χ2n) is 7.24. The smallest absolute Gasteiger partial charge is 0.352 e. The second-order valence-corrected chi connectivity index (χ2v) is 8.18. The quantitative estimate of drug-likeness (QED) is 0.673. The lowest BCUT2D eigenvalue weighted by Crippen LogP contribution is -2.47. The molecular formula is C21H22F3N3O3S. The highest BCUT2D eigenvalue weighted by Gasteiger charge is 2.32. The Morgan fingerprint density at radius 1 is 1.10 bits per heavy atom. The summed E-state index contributed by atoms with van der Waals surface area (Å²) in [5, 5.41) is 6.99. The van der Waals surface area contributed by atoms with Crippen LogP contribution in [0.3, 0.4) is 0 Å². The van der Waals surface area contributed by atoms with Crippen LogP contribution in [0.25, 0.3) is 0 Å². The number of carbonyl (C=O) groups is 3. The number of nitrogens with zero attached hydrogens (tertiary/aromatic N) is 1. The minimum atomic E-state index is -4.59. The Balaban J connectivity index is 1.75. The number of hydrogen-bond donors (Lipinski definition) is 2. The Morgan fingerprint density at radius 2 is 1.84 bits per heavy atom. The zero-order chi connectivity index (χ0) is 22.4. The molecule has 0 aliphatic heterocycles. The zero-order valence-corrected chi connectivity index (χ0v) is 17.4. The van der Waals surface area contributed by atoms with Crippen molar-refractivity contribution in [2.75, 3.05) is 18.0 Å². The van der Waals surface area contributed by atoms with Crippen LogP contribution in [0.15, 0.2) is 41.8 Å². The van der Waals surface area contributed by atoms with Gasteiger partial charge in [-0.1, -0.05) is 25.0 Å². The number of halogens is 3. The van der Waals surface area contributed by atoms with Crippen molar-refractivity contribution >= 4 is 34.7 Å². The number of benzene rings is 1. The van der Waals surface area contributed by atoms with Gasteiger partial charge in [-0.3, -0.25) is 14.4 Å². The van der Waals surface area contributed by atoms with Crippen LogP contribution in [0.2, 0.25) is 0 Å². The summed E-state index contributed by atoms with van der Waals surface area (Å²) in [7, 11) is 0. The van der Waals surface area contributed by atoms with Crippen molar-refractivity contribution in [3.63, 3.8) is 0 Å². The lowest BCUT2D eigenvalue weighted by atomic mass is 10.1. The number of alkyl halides is 3. The maximum Gasteiger partial charge on any atom is 0.416 e. The van der Waals surface area contributed by atoms with Gasteiger partial charge in [0.25, 0.3) is 5.91 Å². The SMILES string of the molecule is O=C(CN(C(=O)CNC(=O)c1cccs1)c1cccc(C(F)(F)F)c1)NC1CCCC1. The molecule has 1 aromatic heterocycles. The zero-order valence-electron chi connectivity index (χ0n) is 16.6. The fraction of sp³-hybridized carbons (Fsp3) is 0.381. The van der Waals surface area contributed by atoms with Gasteiger partial charge in [0, 0.05) is 11.7 Å². The molecule has 0 atom stereocenters. The first-order chi connectivity index (χ1) is 14.7. The Morgan fingerprint density at radius 3 is 2.48 bits per heavy atom. The third-order valence-corrected chi connectivity index (χ3v) is 5.82. The molecule has 1 fully saturated rings. The topological polar surface area (TPSA) is 78.5 Å². The first-order valence-electron chi connectivity index (χ1n) is 9.83. The monoisotopic (exact) mass is 453 g/mol. The number of carbonyl (C=O) groups excluding carboxylic acids is 3. The third-order valence-electron chi connectivity index (χ3n) is 4.95. The highest BCUT2D eigenvalue weighted by Crippen LogP contribution is 2.31. The number of nitrogens with one attached hydrogen (secondary N) is 2. The minimum absolute atomic E-state index is 0.00416. The first kappa shape index (κ1) is 22.8. The molecule has 2 N–H and O–H groups in total. The Labute approximate surface area is 181 Å². The molecule has 1 saturated carbocycles. The molecule has 0 spiro atoms. The Bertz CT molecular complexity index is 925. The van der Waals surface area contributed by atoms with Gasteiger partial charge in [0.1, 0.15) is 6.54 Å². The van der Waals surface area contributed by atoms with E-state index in [4.69, 9.17) is 0 Å². The van der Waals surface area contributed by atoms with E-state index in [1.807, 2.05) is 0 Å². The van der Waals surface area contributed by atoms with Crippen LogP contribution in [0.1, 0.15) is 40.9 Å². The normalized spacial score (nSPS) is 14.3. The number of rotatable bonds is 7. The van der Waals surface area contributed by atoms with Gasteiger partial charge in [0.2, 0.25) is 11.8 Å². The summed E-state index contributed by atoms with van der Waals surface area (Å²) in [5.41, 5.74) is -0.992. The fourth-order valence-electron chi connectivity index (χ4n) is 3.41. The molecule has 1 aromatic carbocycles. The number of hydrogen-bond acceptors (Lipinski definition) is 4. The maximum atomic E-state index is 13.1. The molecular weight excluding hydrogens is 431 g/mol. The van der Waals surface area contributed by atoms with Gasteiger partial charge in [-0.05, 0) is 42.5 Å². The average molecular weight is 453 g/mol. The molecule has 0 saturated heterocycles. The van der Waals surface area contributed by atoms with Gasteiger partial charge >= 0.3 is 6.18 Å². The lowest BCUT2D eigenvalue weighted by Gasteiger charge is -2.24. The molecule has 0 radical (unpaired) electrons.